The van der Waals surface area contributed by atoms with Gasteiger partial charge in [0.05, 0.1) is 0 Å². The Kier molecular flexibility index (Phi) is 3.25. The minimum Gasteiger partial charge on any atom is -0.370 e. The van der Waals surface area contributed by atoms with Crippen molar-refractivity contribution in [2.75, 3.05) is 0 Å². The summed E-state index contributed by atoms with van der Waals surface area (Å²) >= 11 is 0. The van der Waals surface area contributed by atoms with Gasteiger partial charge >= 0.3 is 0 Å². The van der Waals surface area contributed by atoms with E-state index in [0.29, 0.717) is 10.9 Å². The van der Waals surface area contributed by atoms with Gasteiger partial charge in [-0.25, -0.2) is 0 Å². The number of pyridine rings is 1. The summed E-state index contributed by atoms with van der Waals surface area (Å²) in [4.78, 5) is 26.3. The van der Waals surface area contributed by atoms with Crippen molar-refractivity contribution in [3.05, 3.63) is 58.9 Å². The van der Waals surface area contributed by atoms with Crippen LogP contribution in [0.2, 0.25) is 0 Å². The van der Waals surface area contributed by atoms with Crippen LogP contribution in [0.5, 0.6) is 0 Å². The molecule has 2 rings (SSSR count). The Labute approximate surface area is 103 Å². The van der Waals surface area contributed by atoms with Gasteiger partial charge in [-0.15, -0.1) is 0 Å². The third kappa shape index (κ3) is 2.31. The second kappa shape index (κ2) is 4.85. The average Bonchev–Trinajstić information content (AvgIpc) is 2.38. The first kappa shape index (κ1) is 12.1. The first-order chi connectivity index (χ1) is 8.61. The van der Waals surface area contributed by atoms with Gasteiger partial charge in [-0.1, -0.05) is 18.7 Å². The number of carbonyl (C=O) groups excluding carboxylic acids is 1. The van der Waals surface area contributed by atoms with Crippen molar-refractivity contribution in [2.45, 2.75) is 6.23 Å². The van der Waals surface area contributed by atoms with Gasteiger partial charge in [0, 0.05) is 17.0 Å². The molecule has 18 heavy (non-hydrogen) atoms. The van der Waals surface area contributed by atoms with Crippen molar-refractivity contribution >= 4 is 16.8 Å². The highest BCUT2D eigenvalue weighted by atomic mass is 16.3. The molecule has 0 spiro atoms. The lowest BCUT2D eigenvalue weighted by Crippen LogP contribution is -2.34. The highest BCUT2D eigenvalue weighted by Crippen LogP contribution is 2.07. The van der Waals surface area contributed by atoms with Gasteiger partial charge in [-0.05, 0) is 18.2 Å². The van der Waals surface area contributed by atoms with Crippen LogP contribution in [0.4, 0.5) is 0 Å². The molecule has 0 radical (unpaired) electrons. The Morgan fingerprint density at radius 1 is 1.44 bits per heavy atom. The number of H-pyrrole nitrogens is 1. The van der Waals surface area contributed by atoms with Gasteiger partial charge < -0.3 is 15.4 Å². The second-order valence-corrected chi connectivity index (χ2v) is 3.75. The smallest absolute Gasteiger partial charge is 0.270 e. The number of aliphatic hydroxyl groups is 1. The first-order valence-corrected chi connectivity index (χ1v) is 5.35. The quantitative estimate of drug-likeness (QED) is 0.550. The van der Waals surface area contributed by atoms with Crippen LogP contribution in [-0.4, -0.2) is 22.2 Å². The largest absolute Gasteiger partial charge is 0.370 e. The number of rotatable bonds is 3. The number of nitrogens with one attached hydrogen (secondary N) is 2. The fourth-order valence-electron chi connectivity index (χ4n) is 1.59. The molecule has 0 saturated carbocycles. The Bertz CT molecular complexity index is 661. The fourth-order valence-corrected chi connectivity index (χ4v) is 1.59. The summed E-state index contributed by atoms with van der Waals surface area (Å²) in [6.45, 7) is 3.34. The molecule has 0 aliphatic heterocycles. The third-order valence-corrected chi connectivity index (χ3v) is 2.48. The number of amides is 1. The molecule has 0 fully saturated rings. The number of aliphatic hydroxyl groups excluding tert-OH is 1. The van der Waals surface area contributed by atoms with E-state index in [0.717, 1.165) is 0 Å². The van der Waals surface area contributed by atoms with E-state index in [4.69, 9.17) is 0 Å². The molecule has 92 valence electrons. The molecule has 1 amide bonds. The van der Waals surface area contributed by atoms with Crippen LogP contribution in [0.25, 0.3) is 10.9 Å². The fraction of sp³-hybridized carbons (Fsp3) is 0.0769. The van der Waals surface area contributed by atoms with Crippen molar-refractivity contribution in [3.63, 3.8) is 0 Å². The van der Waals surface area contributed by atoms with Gasteiger partial charge in [-0.3, -0.25) is 9.59 Å². The maximum atomic E-state index is 11.8. The number of aromatic amines is 1. The van der Waals surface area contributed by atoms with Crippen LogP contribution in [0, 0.1) is 0 Å². The third-order valence-electron chi connectivity index (χ3n) is 2.48. The zero-order chi connectivity index (χ0) is 13.1. The minimum absolute atomic E-state index is 0.0969. The van der Waals surface area contributed by atoms with Crippen molar-refractivity contribution in [1.82, 2.24) is 10.3 Å². The number of aromatic nitrogens is 1. The van der Waals surface area contributed by atoms with E-state index in [-0.39, 0.29) is 11.1 Å². The second-order valence-electron chi connectivity index (χ2n) is 3.75. The lowest BCUT2D eigenvalue weighted by atomic mass is 10.2. The van der Waals surface area contributed by atoms with E-state index < -0.39 is 12.1 Å². The molecule has 3 N–H and O–H groups in total. The molecule has 1 atom stereocenters. The molecule has 0 aliphatic carbocycles. The molecule has 0 saturated heterocycles. The molecular weight excluding hydrogens is 232 g/mol. The topological polar surface area (TPSA) is 82.2 Å². The standard InChI is InChI=1S/C13H12N2O3/c1-2-12(17)15-13(18)10-7-11(16)8-5-3-4-6-9(8)14-10/h2-7,12,17H,1H2,(H,14,16)(H,15,18). The van der Waals surface area contributed by atoms with Crippen molar-refractivity contribution in [3.8, 4) is 0 Å². The highest BCUT2D eigenvalue weighted by Gasteiger charge is 2.11. The summed E-state index contributed by atoms with van der Waals surface area (Å²) in [7, 11) is 0. The summed E-state index contributed by atoms with van der Waals surface area (Å²) in [6, 6.07) is 8.09. The Morgan fingerprint density at radius 2 is 2.17 bits per heavy atom. The van der Waals surface area contributed by atoms with Crippen LogP contribution in [-0.2, 0) is 0 Å². The molecule has 2 aromatic rings. The zero-order valence-electron chi connectivity index (χ0n) is 9.51. The molecule has 0 bridgehead atoms. The average molecular weight is 244 g/mol. The molecule has 5 heteroatoms. The van der Waals surface area contributed by atoms with Gasteiger partial charge in [-0.2, -0.15) is 0 Å². The van der Waals surface area contributed by atoms with E-state index in [2.05, 4.69) is 16.9 Å². The van der Waals surface area contributed by atoms with E-state index in [1.165, 1.54) is 12.1 Å². The molecule has 1 unspecified atom stereocenters. The van der Waals surface area contributed by atoms with Crippen molar-refractivity contribution in [2.24, 2.45) is 0 Å². The lowest BCUT2D eigenvalue weighted by Gasteiger charge is -2.08. The van der Waals surface area contributed by atoms with Gasteiger partial charge in [0.15, 0.2) is 5.43 Å². The summed E-state index contributed by atoms with van der Waals surface area (Å²) in [6.07, 6.45) is 0.0318. The molecule has 1 aromatic heterocycles. The lowest BCUT2D eigenvalue weighted by molar-refractivity contribution is 0.0850. The highest BCUT2D eigenvalue weighted by molar-refractivity contribution is 5.94. The van der Waals surface area contributed by atoms with Crippen LogP contribution in [0.15, 0.2) is 47.8 Å². The summed E-state index contributed by atoms with van der Waals surface area (Å²) in [5, 5.41) is 12.0. The maximum Gasteiger partial charge on any atom is 0.270 e. The van der Waals surface area contributed by atoms with E-state index in [9.17, 15) is 14.7 Å². The number of carbonyl (C=O) groups is 1. The predicted molar refractivity (Wildman–Crippen MR) is 68.2 cm³/mol. The van der Waals surface area contributed by atoms with Gasteiger partial charge in [0.2, 0.25) is 0 Å². The number of hydrogen-bond donors (Lipinski definition) is 3. The van der Waals surface area contributed by atoms with E-state index >= 15 is 0 Å². The molecule has 1 heterocycles. The number of hydrogen-bond acceptors (Lipinski definition) is 3. The van der Waals surface area contributed by atoms with Gasteiger partial charge in [0.1, 0.15) is 11.9 Å². The van der Waals surface area contributed by atoms with E-state index in [1.807, 2.05) is 0 Å². The summed E-state index contributed by atoms with van der Waals surface area (Å²) < 4.78 is 0. The van der Waals surface area contributed by atoms with Crippen LogP contribution in [0.3, 0.4) is 0 Å². The molecule has 5 nitrogen and oxygen atoms in total. The summed E-state index contributed by atoms with van der Waals surface area (Å²) in [5.41, 5.74) is 0.422. The van der Waals surface area contributed by atoms with Crippen LogP contribution in [0.1, 0.15) is 10.5 Å². The minimum atomic E-state index is -1.15. The SMILES string of the molecule is C=CC(O)NC(=O)c1cc(=O)c2ccccc2[nH]1. The van der Waals surface area contributed by atoms with Crippen LogP contribution < -0.4 is 10.7 Å². The maximum absolute atomic E-state index is 11.8. The Morgan fingerprint density at radius 3 is 2.89 bits per heavy atom. The molecule has 1 aromatic carbocycles. The monoisotopic (exact) mass is 244 g/mol. The number of para-hydroxylation sites is 1. The Balaban J connectivity index is 2.43. The Hall–Kier alpha value is -2.40. The van der Waals surface area contributed by atoms with Gasteiger partial charge in [0.25, 0.3) is 5.91 Å². The van der Waals surface area contributed by atoms with Crippen molar-refractivity contribution < 1.29 is 9.90 Å². The molecule has 0 aliphatic rings. The number of benzene rings is 1. The summed E-state index contributed by atoms with van der Waals surface area (Å²) in [5.74, 6) is -0.565. The molecular formula is C13H12N2O3. The zero-order valence-corrected chi connectivity index (χ0v) is 9.51. The number of fused-ring (bicyclic) bond motifs is 1. The predicted octanol–water partition coefficient (Wildman–Crippen LogP) is 0.762. The normalized spacial score (nSPS) is 12.1. The van der Waals surface area contributed by atoms with Crippen LogP contribution >= 0.6 is 0 Å². The van der Waals surface area contributed by atoms with Crippen molar-refractivity contribution in [1.29, 1.82) is 0 Å². The van der Waals surface area contributed by atoms with E-state index in [1.54, 1.807) is 24.3 Å². The first-order valence-electron chi connectivity index (χ1n) is 5.35.